The average molecular weight is 441 g/mol. The zero-order valence-corrected chi connectivity index (χ0v) is 16.2. The van der Waals surface area contributed by atoms with E-state index < -0.39 is 5.82 Å². The number of anilines is 2. The van der Waals surface area contributed by atoms with Gasteiger partial charge in [-0.1, -0.05) is 27.5 Å². The molecule has 0 unspecified atom stereocenters. The summed E-state index contributed by atoms with van der Waals surface area (Å²) in [6.07, 6.45) is 0. The molecule has 0 N–H and O–H groups in total. The number of nitrogens with zero attached hydrogens (tertiary/aromatic N) is 5. The molecule has 2 aliphatic rings. The monoisotopic (exact) mass is 439 g/mol. The summed E-state index contributed by atoms with van der Waals surface area (Å²) in [5, 5.41) is 6.11. The molecule has 2 aromatic rings. The van der Waals surface area contributed by atoms with Crippen molar-refractivity contribution < 1.29 is 8.78 Å². The molecule has 5 nitrogen and oxygen atoms in total. The predicted molar refractivity (Wildman–Crippen MR) is 103 cm³/mol. The van der Waals surface area contributed by atoms with Gasteiger partial charge in [0.2, 0.25) is 0 Å². The van der Waals surface area contributed by atoms with Gasteiger partial charge in [0.05, 0.1) is 10.7 Å². The molecule has 0 amide bonds. The first-order valence-electron chi connectivity index (χ1n) is 7.68. The van der Waals surface area contributed by atoms with Crippen molar-refractivity contribution in [2.75, 3.05) is 30.6 Å². The van der Waals surface area contributed by atoms with E-state index in [9.17, 15) is 8.78 Å². The molecule has 9 heteroatoms. The van der Waals surface area contributed by atoms with Gasteiger partial charge in [-0.05, 0) is 30.3 Å². The fourth-order valence-electron chi connectivity index (χ4n) is 2.98. The largest absolute Gasteiger partial charge is 0.329 e. The number of rotatable bonds is 1. The highest BCUT2D eigenvalue weighted by Gasteiger charge is 2.33. The van der Waals surface area contributed by atoms with E-state index in [4.69, 9.17) is 11.6 Å². The Kier molecular flexibility index (Phi) is 4.11. The lowest BCUT2D eigenvalue weighted by atomic mass is 10.1. The first-order chi connectivity index (χ1) is 12.3. The Bertz CT molecular complexity index is 958. The summed E-state index contributed by atoms with van der Waals surface area (Å²) in [6.45, 7) is 0.482. The number of aliphatic imine (C=N–C) groups is 1. The molecule has 0 aliphatic carbocycles. The van der Waals surface area contributed by atoms with E-state index in [-0.39, 0.29) is 10.8 Å². The Hall–Kier alpha value is -2.19. The zero-order chi connectivity index (χ0) is 18.6. The highest BCUT2D eigenvalue weighted by atomic mass is 79.9. The molecule has 0 aromatic heterocycles. The van der Waals surface area contributed by atoms with Gasteiger partial charge in [-0.2, -0.15) is 4.99 Å². The van der Waals surface area contributed by atoms with E-state index in [0.717, 1.165) is 0 Å². The number of halogens is 4. The lowest BCUT2D eigenvalue weighted by Gasteiger charge is -2.31. The number of amidine groups is 1. The second-order valence-electron chi connectivity index (χ2n) is 6.03. The first-order valence-corrected chi connectivity index (χ1v) is 8.86. The lowest BCUT2D eigenvalue weighted by Crippen LogP contribution is -2.39. The molecule has 0 atom stereocenters. The smallest absolute Gasteiger partial charge is 0.250 e. The van der Waals surface area contributed by atoms with E-state index in [1.54, 1.807) is 29.1 Å². The summed E-state index contributed by atoms with van der Waals surface area (Å²) >= 11 is 9.28. The van der Waals surface area contributed by atoms with E-state index in [1.165, 1.54) is 18.2 Å². The Morgan fingerprint density at radius 2 is 1.96 bits per heavy atom. The van der Waals surface area contributed by atoms with Crippen LogP contribution in [0.4, 0.5) is 20.2 Å². The number of hydrogen-bond acceptors (Lipinski definition) is 5. The molecule has 0 spiro atoms. The Morgan fingerprint density at radius 3 is 2.69 bits per heavy atom. The molecule has 2 aromatic carbocycles. The number of guanidine groups is 1. The molecule has 2 heterocycles. The highest BCUT2D eigenvalue weighted by molar-refractivity contribution is 9.10. The molecule has 0 bridgehead atoms. The van der Waals surface area contributed by atoms with Gasteiger partial charge >= 0.3 is 0 Å². The third-order valence-corrected chi connectivity index (χ3v) is 4.92. The van der Waals surface area contributed by atoms with Crippen molar-refractivity contribution in [3.8, 4) is 0 Å². The van der Waals surface area contributed by atoms with Crippen molar-refractivity contribution in [3.63, 3.8) is 0 Å². The molecule has 134 valence electrons. The van der Waals surface area contributed by atoms with Crippen LogP contribution < -0.4 is 9.80 Å². The SMILES string of the molecule is CN1CN2C(=N1)N=C(N(C)c1cc(F)cc(Br)c1)c1cc(F)c(Cl)cc12. The normalized spacial score (nSPS) is 15.5. The van der Waals surface area contributed by atoms with Gasteiger partial charge in [0.1, 0.15) is 24.1 Å². The summed E-state index contributed by atoms with van der Waals surface area (Å²) < 4.78 is 28.6. The van der Waals surface area contributed by atoms with Crippen LogP contribution in [0.25, 0.3) is 0 Å². The van der Waals surface area contributed by atoms with E-state index >= 15 is 0 Å². The van der Waals surface area contributed by atoms with Gasteiger partial charge in [-0.3, -0.25) is 9.91 Å². The maximum Gasteiger partial charge on any atom is 0.250 e. The van der Waals surface area contributed by atoms with Crippen molar-refractivity contribution >= 4 is 50.7 Å². The Labute approximate surface area is 162 Å². The average Bonchev–Trinajstić information content (AvgIpc) is 2.94. The van der Waals surface area contributed by atoms with Gasteiger partial charge in [0.15, 0.2) is 0 Å². The molecule has 0 saturated carbocycles. The number of hydrazone groups is 1. The van der Waals surface area contributed by atoms with E-state index in [1.807, 2.05) is 11.9 Å². The summed E-state index contributed by atoms with van der Waals surface area (Å²) in [7, 11) is 3.56. The van der Waals surface area contributed by atoms with Crippen LogP contribution in [0.15, 0.2) is 44.9 Å². The van der Waals surface area contributed by atoms with Crippen LogP contribution in [0.2, 0.25) is 5.02 Å². The van der Waals surface area contributed by atoms with Crippen LogP contribution in [-0.2, 0) is 0 Å². The summed E-state index contributed by atoms with van der Waals surface area (Å²) in [4.78, 5) is 8.11. The minimum Gasteiger partial charge on any atom is -0.329 e. The number of fused-ring (bicyclic) bond motifs is 3. The quantitative estimate of drug-likeness (QED) is 0.665. The molecule has 2 aliphatic heterocycles. The Balaban J connectivity index is 1.88. The predicted octanol–water partition coefficient (Wildman–Crippen LogP) is 4.26. The fraction of sp³-hybridized carbons (Fsp3) is 0.176. The van der Waals surface area contributed by atoms with E-state index in [2.05, 4.69) is 26.0 Å². The molecule has 0 radical (unpaired) electrons. The van der Waals surface area contributed by atoms with Crippen molar-refractivity contribution in [2.24, 2.45) is 10.1 Å². The minimum atomic E-state index is -0.542. The molecule has 0 saturated heterocycles. The van der Waals surface area contributed by atoms with Crippen LogP contribution in [-0.4, -0.2) is 37.6 Å². The van der Waals surface area contributed by atoms with E-state index in [0.29, 0.717) is 39.9 Å². The third kappa shape index (κ3) is 2.83. The van der Waals surface area contributed by atoms with Crippen molar-refractivity contribution in [3.05, 3.63) is 57.0 Å². The van der Waals surface area contributed by atoms with Gasteiger partial charge in [0, 0.05) is 29.8 Å². The third-order valence-electron chi connectivity index (χ3n) is 4.18. The van der Waals surface area contributed by atoms with Gasteiger partial charge < -0.3 is 4.90 Å². The topological polar surface area (TPSA) is 34.4 Å². The fourth-order valence-corrected chi connectivity index (χ4v) is 3.59. The van der Waals surface area contributed by atoms with Crippen LogP contribution in [0.3, 0.4) is 0 Å². The summed E-state index contributed by atoms with van der Waals surface area (Å²) in [5.74, 6) is -0.00190. The van der Waals surface area contributed by atoms with Crippen molar-refractivity contribution in [1.82, 2.24) is 5.01 Å². The minimum absolute atomic E-state index is 0.0232. The molecule has 4 rings (SSSR count). The Morgan fingerprint density at radius 1 is 1.19 bits per heavy atom. The molecule has 0 fully saturated rings. The summed E-state index contributed by atoms with van der Waals surface area (Å²) in [6, 6.07) is 7.41. The molecular formula is C17H13BrClF2N5. The van der Waals surface area contributed by atoms with Crippen molar-refractivity contribution in [2.45, 2.75) is 0 Å². The number of benzene rings is 2. The van der Waals surface area contributed by atoms with Gasteiger partial charge in [0.25, 0.3) is 5.96 Å². The van der Waals surface area contributed by atoms with Crippen LogP contribution in [0.5, 0.6) is 0 Å². The lowest BCUT2D eigenvalue weighted by molar-refractivity contribution is 0.393. The molecular weight excluding hydrogens is 428 g/mol. The standard InChI is InChI=1S/C17H13BrClF2N5/c1-24-8-26-15-7-13(19)14(21)6-12(15)16(22-17(26)23-24)25(2)11-4-9(18)3-10(20)5-11/h3-7H,8H2,1-2H3. The second-order valence-corrected chi connectivity index (χ2v) is 7.36. The van der Waals surface area contributed by atoms with Crippen LogP contribution in [0, 0.1) is 11.6 Å². The van der Waals surface area contributed by atoms with Gasteiger partial charge in [-0.15, -0.1) is 5.10 Å². The highest BCUT2D eigenvalue weighted by Crippen LogP contribution is 2.35. The summed E-state index contributed by atoms with van der Waals surface area (Å²) in [5.41, 5.74) is 1.83. The van der Waals surface area contributed by atoms with Crippen molar-refractivity contribution in [1.29, 1.82) is 0 Å². The molecule has 26 heavy (non-hydrogen) atoms. The first kappa shape index (κ1) is 17.2. The second kappa shape index (κ2) is 6.21. The maximum atomic E-state index is 14.2. The maximum absolute atomic E-state index is 14.2. The van der Waals surface area contributed by atoms with Crippen LogP contribution >= 0.6 is 27.5 Å². The van der Waals surface area contributed by atoms with Gasteiger partial charge in [-0.25, -0.2) is 8.78 Å². The zero-order valence-electron chi connectivity index (χ0n) is 13.8. The van der Waals surface area contributed by atoms with Crippen LogP contribution in [0.1, 0.15) is 5.56 Å². The number of hydrogen-bond donors (Lipinski definition) is 0.